The number of hydrogen-bond donors (Lipinski definition) is 2. The number of para-hydroxylation sites is 1. The number of aromatic amines is 1. The largest absolute Gasteiger partial charge is 0.493 e. The fraction of sp³-hybridized carbons (Fsp3) is 0.174. The van der Waals surface area contributed by atoms with Crippen molar-refractivity contribution < 1.29 is 9.53 Å². The number of nitrogens with zero attached hydrogens (tertiary/aromatic N) is 2. The Kier molecular flexibility index (Phi) is 7.34. The third-order valence-corrected chi connectivity index (χ3v) is 4.16. The lowest BCUT2D eigenvalue weighted by Gasteiger charge is -2.09. The van der Waals surface area contributed by atoms with E-state index < -0.39 is 0 Å². The molecule has 0 bridgehead atoms. The zero-order valence-corrected chi connectivity index (χ0v) is 16.3. The first-order chi connectivity index (χ1) is 14.3. The van der Waals surface area contributed by atoms with Crippen molar-refractivity contribution in [2.45, 2.75) is 19.8 Å². The van der Waals surface area contributed by atoms with E-state index in [0.29, 0.717) is 18.0 Å². The van der Waals surface area contributed by atoms with Crippen molar-refractivity contribution in [2.24, 2.45) is 5.10 Å². The smallest absolute Gasteiger partial charge is 0.289 e. The van der Waals surface area contributed by atoms with E-state index in [2.05, 4.69) is 27.6 Å². The van der Waals surface area contributed by atoms with Crippen molar-refractivity contribution in [1.82, 2.24) is 15.6 Å². The van der Waals surface area contributed by atoms with Crippen molar-refractivity contribution in [3.05, 3.63) is 78.0 Å². The van der Waals surface area contributed by atoms with Gasteiger partial charge in [0.1, 0.15) is 11.4 Å². The minimum absolute atomic E-state index is 0.326. The topological polar surface area (TPSA) is 79.4 Å². The minimum Gasteiger partial charge on any atom is -0.493 e. The van der Waals surface area contributed by atoms with Gasteiger partial charge in [0.2, 0.25) is 0 Å². The van der Waals surface area contributed by atoms with Crippen molar-refractivity contribution in [1.29, 1.82) is 0 Å². The van der Waals surface area contributed by atoms with Crippen molar-refractivity contribution >= 4 is 18.2 Å². The SMILES string of the molecule is CCCCOc1ccccc1-c1cc(C(=O)N/N=C\C=C\c2ccccc2)[nH]n1. The van der Waals surface area contributed by atoms with Gasteiger partial charge in [-0.15, -0.1) is 0 Å². The summed E-state index contributed by atoms with van der Waals surface area (Å²) in [5.74, 6) is 0.390. The number of benzene rings is 2. The average molecular weight is 388 g/mol. The van der Waals surface area contributed by atoms with Crippen LogP contribution in [-0.4, -0.2) is 28.9 Å². The number of hydrazone groups is 1. The van der Waals surface area contributed by atoms with Crippen LogP contribution in [-0.2, 0) is 0 Å². The fourth-order valence-corrected chi connectivity index (χ4v) is 2.62. The average Bonchev–Trinajstić information content (AvgIpc) is 3.25. The number of nitrogens with one attached hydrogen (secondary N) is 2. The quantitative estimate of drug-likeness (QED) is 0.317. The number of carbonyl (C=O) groups is 1. The zero-order valence-electron chi connectivity index (χ0n) is 16.3. The van der Waals surface area contributed by atoms with Crippen LogP contribution in [0.2, 0.25) is 0 Å². The standard InChI is InChI=1S/C23H24N4O2/c1-2-3-16-29-22-14-8-7-13-19(22)20-17-21(26-25-20)23(28)27-24-15-9-12-18-10-5-4-6-11-18/h4-15,17H,2-3,16H2,1H3,(H,25,26)(H,27,28)/b12-9+,24-15-. The predicted octanol–water partition coefficient (Wildman–Crippen LogP) is 4.68. The number of H-pyrrole nitrogens is 1. The Morgan fingerprint density at radius 2 is 1.97 bits per heavy atom. The highest BCUT2D eigenvalue weighted by Gasteiger charge is 2.13. The van der Waals surface area contributed by atoms with Gasteiger partial charge in [-0.2, -0.15) is 10.2 Å². The maximum Gasteiger partial charge on any atom is 0.289 e. The Balaban J connectivity index is 1.60. The van der Waals surface area contributed by atoms with E-state index in [-0.39, 0.29) is 5.91 Å². The lowest BCUT2D eigenvalue weighted by molar-refractivity contribution is 0.0950. The summed E-state index contributed by atoms with van der Waals surface area (Å²) in [6.45, 7) is 2.77. The molecule has 0 saturated carbocycles. The van der Waals surface area contributed by atoms with Gasteiger partial charge in [-0.1, -0.05) is 61.9 Å². The van der Waals surface area contributed by atoms with Gasteiger partial charge in [0.15, 0.2) is 0 Å². The van der Waals surface area contributed by atoms with Crippen molar-refractivity contribution in [2.75, 3.05) is 6.61 Å². The molecule has 0 aliphatic carbocycles. The third kappa shape index (κ3) is 5.90. The van der Waals surface area contributed by atoms with Crippen LogP contribution in [0, 0.1) is 0 Å². The second kappa shape index (κ2) is 10.6. The summed E-state index contributed by atoms with van der Waals surface area (Å²) in [6, 6.07) is 19.2. The molecule has 3 aromatic rings. The predicted molar refractivity (Wildman–Crippen MR) is 116 cm³/mol. The van der Waals surface area contributed by atoms with Gasteiger partial charge in [-0.3, -0.25) is 9.89 Å². The second-order valence-electron chi connectivity index (χ2n) is 6.35. The molecule has 0 saturated heterocycles. The molecule has 1 amide bonds. The molecule has 6 nitrogen and oxygen atoms in total. The monoisotopic (exact) mass is 388 g/mol. The summed E-state index contributed by atoms with van der Waals surface area (Å²) in [4.78, 5) is 12.3. The molecule has 6 heteroatoms. The van der Waals surface area contributed by atoms with Crippen molar-refractivity contribution in [3.8, 4) is 17.0 Å². The van der Waals surface area contributed by atoms with Gasteiger partial charge in [0.25, 0.3) is 5.91 Å². The normalized spacial score (nSPS) is 11.2. The number of allylic oxidation sites excluding steroid dienone is 1. The lowest BCUT2D eigenvalue weighted by Crippen LogP contribution is -2.17. The number of ether oxygens (including phenoxy) is 1. The number of unbranched alkanes of at least 4 members (excludes halogenated alkanes) is 1. The summed E-state index contributed by atoms with van der Waals surface area (Å²) >= 11 is 0. The summed E-state index contributed by atoms with van der Waals surface area (Å²) in [5, 5.41) is 10.9. The molecule has 0 atom stereocenters. The molecule has 0 fully saturated rings. The summed E-state index contributed by atoms with van der Waals surface area (Å²) in [6.07, 6.45) is 7.24. The molecular weight excluding hydrogens is 364 g/mol. The van der Waals surface area contributed by atoms with Gasteiger partial charge < -0.3 is 4.74 Å². The minimum atomic E-state index is -0.363. The van der Waals surface area contributed by atoms with Crippen LogP contribution in [0.1, 0.15) is 35.8 Å². The maximum atomic E-state index is 12.3. The highest BCUT2D eigenvalue weighted by atomic mass is 16.5. The van der Waals surface area contributed by atoms with E-state index >= 15 is 0 Å². The molecule has 3 rings (SSSR count). The molecule has 1 aromatic heterocycles. The zero-order chi connectivity index (χ0) is 20.3. The number of hydrogen-bond acceptors (Lipinski definition) is 4. The molecule has 2 aromatic carbocycles. The third-order valence-electron chi connectivity index (χ3n) is 4.16. The summed E-state index contributed by atoms with van der Waals surface area (Å²) < 4.78 is 5.84. The molecule has 1 heterocycles. The molecule has 29 heavy (non-hydrogen) atoms. The molecular formula is C23H24N4O2. The molecule has 0 spiro atoms. The van der Waals surface area contributed by atoms with E-state index in [1.807, 2.05) is 60.7 Å². The second-order valence-corrected chi connectivity index (χ2v) is 6.35. The number of aromatic nitrogens is 2. The molecule has 0 aliphatic rings. The first kappa shape index (κ1) is 20.1. The highest BCUT2D eigenvalue weighted by molar-refractivity contribution is 5.94. The van der Waals surface area contributed by atoms with Crippen LogP contribution in [0.15, 0.2) is 71.8 Å². The summed E-state index contributed by atoms with van der Waals surface area (Å²) in [5.41, 5.74) is 5.36. The van der Waals surface area contributed by atoms with Crippen LogP contribution >= 0.6 is 0 Å². The molecule has 2 N–H and O–H groups in total. The van der Waals surface area contributed by atoms with Gasteiger partial charge in [0.05, 0.1) is 12.3 Å². The fourth-order valence-electron chi connectivity index (χ4n) is 2.62. The van der Waals surface area contributed by atoms with Gasteiger partial charge in [-0.05, 0) is 36.3 Å². The number of amides is 1. The van der Waals surface area contributed by atoms with Gasteiger partial charge >= 0.3 is 0 Å². The van der Waals surface area contributed by atoms with Crippen LogP contribution in [0.5, 0.6) is 5.75 Å². The maximum absolute atomic E-state index is 12.3. The van der Waals surface area contributed by atoms with E-state index in [1.54, 1.807) is 12.1 Å². The molecule has 148 valence electrons. The van der Waals surface area contributed by atoms with Crippen molar-refractivity contribution in [3.63, 3.8) is 0 Å². The van der Waals surface area contributed by atoms with Gasteiger partial charge in [-0.25, -0.2) is 5.43 Å². The first-order valence-corrected chi connectivity index (χ1v) is 9.60. The summed E-state index contributed by atoms with van der Waals surface area (Å²) in [7, 11) is 0. The van der Waals surface area contributed by atoms with E-state index in [9.17, 15) is 4.79 Å². The van der Waals surface area contributed by atoms with E-state index in [0.717, 1.165) is 29.7 Å². The Labute approximate surface area is 170 Å². The van der Waals surface area contributed by atoms with Crippen LogP contribution in [0.25, 0.3) is 17.3 Å². The highest BCUT2D eigenvalue weighted by Crippen LogP contribution is 2.28. The number of rotatable bonds is 9. The molecule has 0 aliphatic heterocycles. The first-order valence-electron chi connectivity index (χ1n) is 9.60. The van der Waals surface area contributed by atoms with E-state index in [4.69, 9.17) is 4.74 Å². The molecule has 0 unspecified atom stereocenters. The Morgan fingerprint density at radius 1 is 1.17 bits per heavy atom. The van der Waals surface area contributed by atoms with Crippen LogP contribution in [0.4, 0.5) is 0 Å². The van der Waals surface area contributed by atoms with Crippen LogP contribution < -0.4 is 10.2 Å². The Morgan fingerprint density at radius 3 is 2.79 bits per heavy atom. The lowest BCUT2D eigenvalue weighted by atomic mass is 10.1. The van der Waals surface area contributed by atoms with Crippen LogP contribution in [0.3, 0.4) is 0 Å². The number of carbonyl (C=O) groups excluding carboxylic acids is 1. The Hall–Kier alpha value is -3.67. The van der Waals surface area contributed by atoms with E-state index in [1.165, 1.54) is 6.21 Å². The van der Waals surface area contributed by atoms with Gasteiger partial charge in [0, 0.05) is 11.8 Å². The molecule has 0 radical (unpaired) electrons. The Bertz CT molecular complexity index is 977.